The molecular formula is C15H24N2O2S. The molecule has 2 heterocycles. The first kappa shape index (κ1) is 15.5. The Balaban J connectivity index is 1.71. The zero-order valence-corrected chi connectivity index (χ0v) is 13.2. The Morgan fingerprint density at radius 2 is 2.20 bits per heavy atom. The van der Waals surface area contributed by atoms with Gasteiger partial charge in [0.2, 0.25) is 5.91 Å². The maximum atomic E-state index is 11.9. The number of carbonyl (C=O) groups is 1. The molecule has 1 aliphatic heterocycles. The maximum Gasteiger partial charge on any atom is 0.220 e. The summed E-state index contributed by atoms with van der Waals surface area (Å²) in [4.78, 5) is 14.3. The highest BCUT2D eigenvalue weighted by Gasteiger charge is 2.28. The monoisotopic (exact) mass is 296 g/mol. The second-order valence-corrected chi connectivity index (χ2v) is 6.60. The van der Waals surface area contributed by atoms with Crippen molar-refractivity contribution in [2.24, 2.45) is 0 Å². The average molecular weight is 296 g/mol. The van der Waals surface area contributed by atoms with E-state index in [4.69, 9.17) is 4.74 Å². The van der Waals surface area contributed by atoms with Crippen LogP contribution in [-0.4, -0.2) is 49.2 Å². The van der Waals surface area contributed by atoms with E-state index < -0.39 is 0 Å². The van der Waals surface area contributed by atoms with Crippen molar-refractivity contribution >= 4 is 17.2 Å². The van der Waals surface area contributed by atoms with Crippen LogP contribution in [0.1, 0.15) is 25.8 Å². The lowest BCUT2D eigenvalue weighted by Gasteiger charge is -2.40. The summed E-state index contributed by atoms with van der Waals surface area (Å²) in [6, 6.07) is 2.08. The Kier molecular flexibility index (Phi) is 5.57. The van der Waals surface area contributed by atoms with E-state index in [1.807, 2.05) is 0 Å². The second kappa shape index (κ2) is 7.20. The number of morpholine rings is 1. The Hall–Kier alpha value is -0.910. The Morgan fingerprint density at radius 3 is 2.85 bits per heavy atom. The smallest absolute Gasteiger partial charge is 0.220 e. The topological polar surface area (TPSA) is 41.6 Å². The SMILES string of the molecule is CC(C)(CNC(=O)CCc1ccsc1)N1CCOCC1. The average Bonchev–Trinajstić information content (AvgIpc) is 2.97. The van der Waals surface area contributed by atoms with E-state index in [2.05, 4.69) is 40.9 Å². The van der Waals surface area contributed by atoms with Crippen molar-refractivity contribution in [2.45, 2.75) is 32.2 Å². The molecule has 1 saturated heterocycles. The summed E-state index contributed by atoms with van der Waals surface area (Å²) in [5.41, 5.74) is 1.24. The van der Waals surface area contributed by atoms with Gasteiger partial charge < -0.3 is 10.1 Å². The summed E-state index contributed by atoms with van der Waals surface area (Å²) < 4.78 is 5.37. The van der Waals surface area contributed by atoms with Crippen LogP contribution in [0.15, 0.2) is 16.8 Å². The van der Waals surface area contributed by atoms with Gasteiger partial charge in [-0.15, -0.1) is 0 Å². The maximum absolute atomic E-state index is 11.9. The van der Waals surface area contributed by atoms with E-state index in [9.17, 15) is 4.79 Å². The van der Waals surface area contributed by atoms with Crippen molar-refractivity contribution in [3.63, 3.8) is 0 Å². The van der Waals surface area contributed by atoms with Gasteiger partial charge in [-0.1, -0.05) is 0 Å². The summed E-state index contributed by atoms with van der Waals surface area (Å²) in [5.74, 6) is 0.137. The third kappa shape index (κ3) is 4.58. The van der Waals surface area contributed by atoms with Crippen LogP contribution in [0.3, 0.4) is 0 Å². The van der Waals surface area contributed by atoms with E-state index in [0.29, 0.717) is 13.0 Å². The molecule has 0 aromatic carbocycles. The minimum Gasteiger partial charge on any atom is -0.379 e. The van der Waals surface area contributed by atoms with Crippen molar-refractivity contribution in [3.8, 4) is 0 Å². The van der Waals surface area contributed by atoms with Crippen molar-refractivity contribution in [3.05, 3.63) is 22.4 Å². The molecule has 0 spiro atoms. The Morgan fingerprint density at radius 1 is 1.45 bits per heavy atom. The normalized spacial score (nSPS) is 17.1. The third-order valence-electron chi connectivity index (χ3n) is 3.81. The van der Waals surface area contributed by atoms with Crippen LogP contribution < -0.4 is 5.32 Å². The highest BCUT2D eigenvalue weighted by Crippen LogP contribution is 2.15. The molecule has 2 rings (SSSR count). The fraction of sp³-hybridized carbons (Fsp3) is 0.667. The van der Waals surface area contributed by atoms with E-state index in [-0.39, 0.29) is 11.4 Å². The molecule has 20 heavy (non-hydrogen) atoms. The molecule has 4 nitrogen and oxygen atoms in total. The fourth-order valence-electron chi connectivity index (χ4n) is 2.38. The van der Waals surface area contributed by atoms with Gasteiger partial charge in [0.15, 0.2) is 0 Å². The molecule has 1 aliphatic rings. The third-order valence-corrected chi connectivity index (χ3v) is 4.54. The van der Waals surface area contributed by atoms with Crippen molar-refractivity contribution in [1.29, 1.82) is 0 Å². The number of nitrogens with one attached hydrogen (secondary N) is 1. The molecule has 1 aromatic rings. The largest absolute Gasteiger partial charge is 0.379 e. The number of aryl methyl sites for hydroxylation is 1. The van der Waals surface area contributed by atoms with Gasteiger partial charge in [0.25, 0.3) is 0 Å². The number of ether oxygens (including phenoxy) is 1. The molecule has 1 aromatic heterocycles. The van der Waals surface area contributed by atoms with Gasteiger partial charge in [0.05, 0.1) is 13.2 Å². The molecule has 1 fully saturated rings. The summed E-state index contributed by atoms with van der Waals surface area (Å²) in [6.45, 7) is 8.50. The number of hydrogen-bond acceptors (Lipinski definition) is 4. The van der Waals surface area contributed by atoms with Crippen molar-refractivity contribution in [2.75, 3.05) is 32.8 Å². The van der Waals surface area contributed by atoms with Crippen LogP contribution in [-0.2, 0) is 16.0 Å². The molecule has 0 unspecified atom stereocenters. The molecule has 0 aliphatic carbocycles. The highest BCUT2D eigenvalue weighted by atomic mass is 32.1. The molecule has 112 valence electrons. The molecule has 5 heteroatoms. The zero-order valence-electron chi connectivity index (χ0n) is 12.4. The first-order valence-corrected chi connectivity index (χ1v) is 8.13. The molecular weight excluding hydrogens is 272 g/mol. The molecule has 0 bridgehead atoms. The molecule has 0 saturated carbocycles. The standard InChI is InChI=1S/C15H24N2O2S/c1-15(2,17-6-8-19-9-7-17)12-16-14(18)4-3-13-5-10-20-11-13/h5,10-11H,3-4,6-9,12H2,1-2H3,(H,16,18). The van der Waals surface area contributed by atoms with Crippen LogP contribution in [0, 0.1) is 0 Å². The van der Waals surface area contributed by atoms with Gasteiger partial charge in [-0.05, 0) is 42.7 Å². The zero-order chi connectivity index (χ0) is 14.4. The quantitative estimate of drug-likeness (QED) is 0.872. The summed E-state index contributed by atoms with van der Waals surface area (Å²) in [6.07, 6.45) is 1.39. The minimum absolute atomic E-state index is 0.0121. The number of nitrogens with zero attached hydrogens (tertiary/aromatic N) is 1. The molecule has 0 radical (unpaired) electrons. The number of amides is 1. The van der Waals surface area contributed by atoms with Crippen molar-refractivity contribution in [1.82, 2.24) is 10.2 Å². The summed E-state index contributed by atoms with van der Waals surface area (Å²) in [5, 5.41) is 7.22. The number of rotatable bonds is 6. The molecule has 1 N–H and O–H groups in total. The predicted octanol–water partition coefficient (Wildman–Crippen LogP) is 1.91. The van der Waals surface area contributed by atoms with Gasteiger partial charge in [-0.3, -0.25) is 9.69 Å². The van der Waals surface area contributed by atoms with Crippen LogP contribution >= 0.6 is 11.3 Å². The number of hydrogen-bond donors (Lipinski definition) is 1. The molecule has 1 amide bonds. The number of thiophene rings is 1. The fourth-order valence-corrected chi connectivity index (χ4v) is 3.08. The number of carbonyl (C=O) groups excluding carboxylic acids is 1. The van der Waals surface area contributed by atoms with Crippen LogP contribution in [0.25, 0.3) is 0 Å². The lowest BCUT2D eigenvalue weighted by molar-refractivity contribution is -0.121. The minimum atomic E-state index is -0.0121. The van der Waals surface area contributed by atoms with Gasteiger partial charge >= 0.3 is 0 Å². The molecule has 0 atom stereocenters. The Labute approximate surface area is 125 Å². The van der Waals surface area contributed by atoms with Crippen LogP contribution in [0.2, 0.25) is 0 Å². The summed E-state index contributed by atoms with van der Waals surface area (Å²) in [7, 11) is 0. The first-order chi connectivity index (χ1) is 9.58. The van der Waals surface area contributed by atoms with Crippen molar-refractivity contribution < 1.29 is 9.53 Å². The van der Waals surface area contributed by atoms with E-state index in [0.717, 1.165) is 32.7 Å². The van der Waals surface area contributed by atoms with Crippen LogP contribution in [0.5, 0.6) is 0 Å². The second-order valence-electron chi connectivity index (χ2n) is 5.82. The lowest BCUT2D eigenvalue weighted by Crippen LogP contribution is -2.55. The predicted molar refractivity (Wildman–Crippen MR) is 82.1 cm³/mol. The lowest BCUT2D eigenvalue weighted by atomic mass is 10.0. The van der Waals surface area contributed by atoms with Gasteiger partial charge in [0.1, 0.15) is 0 Å². The van der Waals surface area contributed by atoms with E-state index >= 15 is 0 Å². The van der Waals surface area contributed by atoms with Crippen LogP contribution in [0.4, 0.5) is 0 Å². The van der Waals surface area contributed by atoms with E-state index in [1.54, 1.807) is 11.3 Å². The van der Waals surface area contributed by atoms with Gasteiger partial charge in [0, 0.05) is 31.6 Å². The van der Waals surface area contributed by atoms with Gasteiger partial charge in [-0.2, -0.15) is 11.3 Å². The van der Waals surface area contributed by atoms with E-state index in [1.165, 1.54) is 5.56 Å². The Bertz CT molecular complexity index is 412. The van der Waals surface area contributed by atoms with Gasteiger partial charge in [-0.25, -0.2) is 0 Å². The summed E-state index contributed by atoms with van der Waals surface area (Å²) >= 11 is 1.68. The first-order valence-electron chi connectivity index (χ1n) is 7.18. The highest BCUT2D eigenvalue weighted by molar-refractivity contribution is 7.07.